The van der Waals surface area contributed by atoms with Gasteiger partial charge in [-0.05, 0) is 29.8 Å². The third-order valence-corrected chi connectivity index (χ3v) is 3.66. The van der Waals surface area contributed by atoms with Crippen molar-refractivity contribution in [3.8, 4) is 5.75 Å². The predicted molar refractivity (Wildman–Crippen MR) is 99.3 cm³/mol. The van der Waals surface area contributed by atoms with Crippen molar-refractivity contribution in [3.05, 3.63) is 67.7 Å². The molecule has 2 amide bonds. The van der Waals surface area contributed by atoms with Crippen LogP contribution in [0.1, 0.15) is 15.9 Å². The number of carbonyl (C=O) groups excluding carboxylic acids is 2. The van der Waals surface area contributed by atoms with E-state index in [4.69, 9.17) is 33.7 Å². The van der Waals surface area contributed by atoms with E-state index in [0.29, 0.717) is 5.56 Å². The van der Waals surface area contributed by atoms with Gasteiger partial charge in [0.25, 0.3) is 17.5 Å². The number of carbonyl (C=O) groups is 2. The number of hydrazone groups is 1. The molecular weight excluding hydrogens is 399 g/mol. The molecule has 0 heterocycles. The maximum absolute atomic E-state index is 11.9. The summed E-state index contributed by atoms with van der Waals surface area (Å²) in [5.41, 5.74) is 7.79. The van der Waals surface area contributed by atoms with Crippen molar-refractivity contribution in [2.45, 2.75) is 0 Å². The van der Waals surface area contributed by atoms with Crippen molar-refractivity contribution in [1.82, 2.24) is 5.43 Å². The van der Waals surface area contributed by atoms with Crippen LogP contribution in [0.5, 0.6) is 5.75 Å². The van der Waals surface area contributed by atoms with Gasteiger partial charge in [0.05, 0.1) is 21.2 Å². The quantitative estimate of drug-likeness (QED) is 0.410. The lowest BCUT2D eigenvalue weighted by molar-refractivity contribution is -0.384. The third kappa shape index (κ3) is 5.66. The minimum absolute atomic E-state index is 0.101. The monoisotopic (exact) mass is 410 g/mol. The number of rotatable bonds is 7. The second kappa shape index (κ2) is 8.97. The van der Waals surface area contributed by atoms with Gasteiger partial charge in [0.1, 0.15) is 0 Å². The maximum Gasteiger partial charge on any atom is 0.271 e. The number of benzene rings is 2. The molecule has 0 bridgehead atoms. The summed E-state index contributed by atoms with van der Waals surface area (Å²) in [5, 5.41) is 14.6. The number of non-ortho nitro benzene ring substituents is 1. The first kappa shape index (κ1) is 20.1. The molecular formula is C16H12Cl2N4O5. The molecule has 0 spiro atoms. The highest BCUT2D eigenvalue weighted by Crippen LogP contribution is 2.33. The minimum Gasteiger partial charge on any atom is -0.481 e. The molecule has 0 fully saturated rings. The van der Waals surface area contributed by atoms with Gasteiger partial charge in [0, 0.05) is 17.7 Å². The number of hydrogen-bond donors (Lipinski definition) is 2. The van der Waals surface area contributed by atoms with Crippen LogP contribution in [-0.4, -0.2) is 29.6 Å². The first-order valence-corrected chi connectivity index (χ1v) is 8.01. The Labute approximate surface area is 162 Å². The Bertz CT molecular complexity index is 893. The summed E-state index contributed by atoms with van der Waals surface area (Å²) in [6.07, 6.45) is 1.29. The standard InChI is InChI=1S/C16H12Cl2N4O5/c17-12-5-9(6-13(18)15(12)27-8-14(19)23)7-20-21-16(24)10-1-3-11(4-2-10)22(25)26/h1-7H,8H2,(H2,19,23)(H,21,24)/b20-7+. The molecule has 3 N–H and O–H groups in total. The molecule has 27 heavy (non-hydrogen) atoms. The summed E-state index contributed by atoms with van der Waals surface area (Å²) in [6.45, 7) is -0.377. The lowest BCUT2D eigenvalue weighted by atomic mass is 10.2. The molecule has 11 heteroatoms. The highest BCUT2D eigenvalue weighted by atomic mass is 35.5. The van der Waals surface area contributed by atoms with Crippen LogP contribution in [0.15, 0.2) is 41.5 Å². The van der Waals surface area contributed by atoms with Crippen LogP contribution in [0, 0.1) is 10.1 Å². The molecule has 2 aromatic rings. The van der Waals surface area contributed by atoms with Crippen LogP contribution in [-0.2, 0) is 4.79 Å². The smallest absolute Gasteiger partial charge is 0.271 e. The largest absolute Gasteiger partial charge is 0.481 e. The molecule has 140 valence electrons. The fourth-order valence-electron chi connectivity index (χ4n) is 1.90. The molecule has 0 aromatic heterocycles. The molecule has 2 aromatic carbocycles. The molecule has 0 aliphatic carbocycles. The van der Waals surface area contributed by atoms with Crippen molar-refractivity contribution >= 4 is 46.9 Å². The SMILES string of the molecule is NC(=O)COc1c(Cl)cc(/C=N/NC(=O)c2ccc([N+](=O)[O-])cc2)cc1Cl. The van der Waals surface area contributed by atoms with E-state index in [1.165, 1.54) is 42.6 Å². The number of nitro groups is 1. The molecule has 0 atom stereocenters. The van der Waals surface area contributed by atoms with E-state index in [1.54, 1.807) is 0 Å². The van der Waals surface area contributed by atoms with Gasteiger partial charge in [0.15, 0.2) is 12.4 Å². The number of ether oxygens (including phenoxy) is 1. The van der Waals surface area contributed by atoms with Crippen molar-refractivity contribution < 1.29 is 19.2 Å². The first-order valence-electron chi connectivity index (χ1n) is 7.26. The van der Waals surface area contributed by atoms with E-state index in [9.17, 15) is 19.7 Å². The Hall–Kier alpha value is -3.17. The average molecular weight is 411 g/mol. The Morgan fingerprint density at radius 3 is 2.33 bits per heavy atom. The molecule has 0 saturated carbocycles. The van der Waals surface area contributed by atoms with E-state index in [2.05, 4.69) is 10.5 Å². The Morgan fingerprint density at radius 1 is 1.22 bits per heavy atom. The summed E-state index contributed by atoms with van der Waals surface area (Å²) in [5.74, 6) is -1.13. The fraction of sp³-hybridized carbons (Fsp3) is 0.0625. The summed E-state index contributed by atoms with van der Waals surface area (Å²) < 4.78 is 5.11. The summed E-state index contributed by atoms with van der Waals surface area (Å²) in [7, 11) is 0. The Morgan fingerprint density at radius 2 is 1.81 bits per heavy atom. The molecule has 0 unspecified atom stereocenters. The van der Waals surface area contributed by atoms with E-state index in [1.807, 2.05) is 0 Å². The van der Waals surface area contributed by atoms with Crippen LogP contribution in [0.25, 0.3) is 0 Å². The molecule has 2 rings (SSSR count). The lowest BCUT2D eigenvalue weighted by Gasteiger charge is -2.09. The minimum atomic E-state index is -0.679. The van der Waals surface area contributed by atoms with Gasteiger partial charge in [-0.2, -0.15) is 5.10 Å². The zero-order valence-corrected chi connectivity index (χ0v) is 15.0. The molecule has 0 radical (unpaired) electrons. The number of amides is 2. The second-order valence-electron chi connectivity index (χ2n) is 5.07. The number of halogens is 2. The summed E-state index contributed by atoms with van der Waals surface area (Å²) in [6, 6.07) is 7.96. The van der Waals surface area contributed by atoms with E-state index in [-0.39, 0.29) is 33.7 Å². The van der Waals surface area contributed by atoms with Gasteiger partial charge in [-0.15, -0.1) is 0 Å². The van der Waals surface area contributed by atoms with Gasteiger partial charge in [0.2, 0.25) is 0 Å². The number of hydrogen-bond acceptors (Lipinski definition) is 6. The Balaban J connectivity index is 2.04. The Kier molecular flexibility index (Phi) is 6.69. The molecule has 0 aliphatic heterocycles. The topological polar surface area (TPSA) is 137 Å². The lowest BCUT2D eigenvalue weighted by Crippen LogP contribution is -2.20. The van der Waals surface area contributed by atoms with Crippen LogP contribution in [0.4, 0.5) is 5.69 Å². The van der Waals surface area contributed by atoms with Crippen molar-refractivity contribution in [2.75, 3.05) is 6.61 Å². The molecule has 0 aliphatic rings. The van der Waals surface area contributed by atoms with Crippen LogP contribution < -0.4 is 15.9 Å². The van der Waals surface area contributed by atoms with Crippen LogP contribution in [0.3, 0.4) is 0 Å². The zero-order chi connectivity index (χ0) is 20.0. The first-order chi connectivity index (χ1) is 12.8. The van der Waals surface area contributed by atoms with E-state index >= 15 is 0 Å². The predicted octanol–water partition coefficient (Wildman–Crippen LogP) is 2.53. The number of nitro benzene ring substituents is 1. The zero-order valence-electron chi connectivity index (χ0n) is 13.5. The van der Waals surface area contributed by atoms with Crippen LogP contribution >= 0.6 is 23.2 Å². The van der Waals surface area contributed by atoms with Gasteiger partial charge >= 0.3 is 0 Å². The highest BCUT2D eigenvalue weighted by molar-refractivity contribution is 6.37. The van der Waals surface area contributed by atoms with Crippen molar-refractivity contribution in [3.63, 3.8) is 0 Å². The summed E-state index contributed by atoms with van der Waals surface area (Å²) >= 11 is 12.1. The molecule has 9 nitrogen and oxygen atoms in total. The normalized spacial score (nSPS) is 10.6. The van der Waals surface area contributed by atoms with E-state index in [0.717, 1.165) is 0 Å². The average Bonchev–Trinajstić information content (AvgIpc) is 2.60. The van der Waals surface area contributed by atoms with Crippen LogP contribution in [0.2, 0.25) is 10.0 Å². The summed E-state index contributed by atoms with van der Waals surface area (Å²) in [4.78, 5) is 32.7. The number of nitrogens with one attached hydrogen (secondary N) is 1. The van der Waals surface area contributed by atoms with Crippen molar-refractivity contribution in [2.24, 2.45) is 10.8 Å². The highest BCUT2D eigenvalue weighted by Gasteiger charge is 2.11. The third-order valence-electron chi connectivity index (χ3n) is 3.10. The number of nitrogens with two attached hydrogens (primary N) is 1. The van der Waals surface area contributed by atoms with E-state index < -0.39 is 16.7 Å². The number of nitrogens with zero attached hydrogens (tertiary/aromatic N) is 2. The second-order valence-corrected chi connectivity index (χ2v) is 5.89. The van der Waals surface area contributed by atoms with Gasteiger partial charge in [-0.1, -0.05) is 23.2 Å². The van der Waals surface area contributed by atoms with Gasteiger partial charge in [-0.25, -0.2) is 5.43 Å². The van der Waals surface area contributed by atoms with Crippen molar-refractivity contribution in [1.29, 1.82) is 0 Å². The maximum atomic E-state index is 11.9. The fourth-order valence-corrected chi connectivity index (χ4v) is 2.51. The van der Waals surface area contributed by atoms with Gasteiger partial charge < -0.3 is 10.5 Å². The molecule has 0 saturated heterocycles. The van der Waals surface area contributed by atoms with Gasteiger partial charge in [-0.3, -0.25) is 19.7 Å². The number of primary amides is 1.